The highest BCUT2D eigenvalue weighted by molar-refractivity contribution is 5.66. The Kier molecular flexibility index (Phi) is 5.88. The van der Waals surface area contributed by atoms with Crippen molar-refractivity contribution >= 4 is 5.97 Å². The fourth-order valence-corrected chi connectivity index (χ4v) is 3.41. The first-order valence-electron chi connectivity index (χ1n) is 8.92. The van der Waals surface area contributed by atoms with E-state index in [1.807, 2.05) is 25.2 Å². The van der Waals surface area contributed by atoms with Gasteiger partial charge in [-0.1, -0.05) is 17.9 Å². The van der Waals surface area contributed by atoms with Crippen LogP contribution in [0, 0.1) is 23.5 Å². The molecular weight excluding hydrogens is 348 g/mol. The van der Waals surface area contributed by atoms with Crippen molar-refractivity contribution in [2.45, 2.75) is 31.7 Å². The number of nitrogens with zero attached hydrogens (tertiary/aromatic N) is 1. The van der Waals surface area contributed by atoms with Crippen molar-refractivity contribution in [1.82, 2.24) is 4.90 Å². The third-order valence-corrected chi connectivity index (χ3v) is 4.92. The number of aryl methyl sites for hydroxylation is 1. The van der Waals surface area contributed by atoms with E-state index in [-0.39, 0.29) is 6.42 Å². The van der Waals surface area contributed by atoms with E-state index in [0.29, 0.717) is 18.2 Å². The van der Waals surface area contributed by atoms with Gasteiger partial charge in [0.1, 0.15) is 11.6 Å². The Bertz CT molecular complexity index is 894. The lowest BCUT2D eigenvalue weighted by molar-refractivity contribution is -0.137. The molecule has 1 aliphatic rings. The molecule has 0 saturated carbocycles. The Labute approximate surface area is 157 Å². The van der Waals surface area contributed by atoms with Crippen molar-refractivity contribution in [3.63, 3.8) is 0 Å². The van der Waals surface area contributed by atoms with E-state index < -0.39 is 17.6 Å². The van der Waals surface area contributed by atoms with Crippen LogP contribution in [0.3, 0.4) is 0 Å². The molecule has 0 amide bonds. The molecule has 1 atom stereocenters. The molecule has 0 aromatic heterocycles. The van der Waals surface area contributed by atoms with Crippen LogP contribution in [0.25, 0.3) is 0 Å². The van der Waals surface area contributed by atoms with Gasteiger partial charge in [-0.25, -0.2) is 8.78 Å². The molecule has 3 rings (SSSR count). The van der Waals surface area contributed by atoms with Crippen LogP contribution in [-0.4, -0.2) is 35.6 Å². The molecule has 0 heterocycles. The maximum atomic E-state index is 13.2. The average molecular weight is 369 g/mol. The summed E-state index contributed by atoms with van der Waals surface area (Å²) in [4.78, 5) is 12.9. The number of hydrogen-bond donors (Lipinski definition) is 1. The summed E-state index contributed by atoms with van der Waals surface area (Å²) in [5.41, 5.74) is 3.60. The van der Waals surface area contributed by atoms with Crippen LogP contribution in [0.4, 0.5) is 8.78 Å². The second-order valence-corrected chi connectivity index (χ2v) is 6.91. The molecule has 1 aliphatic carbocycles. The number of halogens is 2. The first kappa shape index (κ1) is 19.1. The van der Waals surface area contributed by atoms with E-state index in [2.05, 4.69) is 16.7 Å². The van der Waals surface area contributed by atoms with Gasteiger partial charge in [0, 0.05) is 29.8 Å². The van der Waals surface area contributed by atoms with Crippen LogP contribution >= 0.6 is 0 Å². The predicted octanol–water partition coefficient (Wildman–Crippen LogP) is 3.63. The number of carbonyl (C=O) groups is 1. The molecule has 1 unspecified atom stereocenters. The summed E-state index contributed by atoms with van der Waals surface area (Å²) in [6.45, 7) is 0.545. The zero-order chi connectivity index (χ0) is 19.4. The Morgan fingerprint density at radius 3 is 2.52 bits per heavy atom. The van der Waals surface area contributed by atoms with Crippen molar-refractivity contribution in [3.8, 4) is 11.8 Å². The van der Waals surface area contributed by atoms with Crippen molar-refractivity contribution in [2.24, 2.45) is 0 Å². The van der Waals surface area contributed by atoms with E-state index in [0.717, 1.165) is 30.9 Å². The minimum atomic E-state index is -0.778. The number of carboxylic acid groups (broad SMARTS) is 1. The van der Waals surface area contributed by atoms with E-state index in [4.69, 9.17) is 5.11 Å². The van der Waals surface area contributed by atoms with E-state index in [1.165, 1.54) is 23.3 Å². The summed E-state index contributed by atoms with van der Waals surface area (Å²) < 4.78 is 26.5. The highest BCUT2D eigenvalue weighted by atomic mass is 19.1. The maximum Gasteiger partial charge on any atom is 0.304 e. The molecule has 2 aromatic rings. The predicted molar refractivity (Wildman–Crippen MR) is 99.5 cm³/mol. The molecule has 3 nitrogen and oxygen atoms in total. The van der Waals surface area contributed by atoms with Gasteiger partial charge in [0.2, 0.25) is 0 Å². The highest BCUT2D eigenvalue weighted by Gasteiger charge is 2.22. The molecule has 0 spiro atoms. The van der Waals surface area contributed by atoms with Crippen molar-refractivity contribution in [2.75, 3.05) is 13.6 Å². The number of carboxylic acids is 1. The molecule has 0 radical (unpaired) electrons. The molecule has 27 heavy (non-hydrogen) atoms. The second kappa shape index (κ2) is 8.32. The standard InChI is InChI=1S/C22H21F2NO2/c1-25(9-8-22(26)27)21-7-6-17-10-15(4-5-18(17)13-21)2-3-16-11-19(23)14-20(24)12-16/h4-5,10-12,14,21H,6-9,13H2,1H3,(H,26,27). The monoisotopic (exact) mass is 369 g/mol. The minimum Gasteiger partial charge on any atom is -0.481 e. The third-order valence-electron chi connectivity index (χ3n) is 4.92. The number of benzene rings is 2. The average Bonchev–Trinajstić information content (AvgIpc) is 2.63. The Balaban J connectivity index is 1.70. The molecule has 0 bridgehead atoms. The zero-order valence-corrected chi connectivity index (χ0v) is 15.1. The zero-order valence-electron chi connectivity index (χ0n) is 15.1. The quantitative estimate of drug-likeness (QED) is 0.837. The lowest BCUT2D eigenvalue weighted by Gasteiger charge is -2.32. The van der Waals surface area contributed by atoms with Crippen LogP contribution < -0.4 is 0 Å². The number of likely N-dealkylation sites (N-methyl/N-ethyl adjacent to an activating group) is 1. The Morgan fingerprint density at radius 2 is 1.81 bits per heavy atom. The van der Waals surface area contributed by atoms with Gasteiger partial charge in [-0.3, -0.25) is 4.79 Å². The Morgan fingerprint density at radius 1 is 1.11 bits per heavy atom. The van der Waals surface area contributed by atoms with E-state index in [1.54, 1.807) is 0 Å². The first-order valence-corrected chi connectivity index (χ1v) is 8.92. The summed E-state index contributed by atoms with van der Waals surface area (Å²) in [7, 11) is 1.97. The lowest BCUT2D eigenvalue weighted by atomic mass is 9.86. The third kappa shape index (κ3) is 5.15. The lowest BCUT2D eigenvalue weighted by Crippen LogP contribution is -2.37. The van der Waals surface area contributed by atoms with Crippen molar-refractivity contribution < 1.29 is 18.7 Å². The number of hydrogen-bond acceptors (Lipinski definition) is 2. The van der Waals surface area contributed by atoms with Gasteiger partial charge in [-0.15, -0.1) is 0 Å². The summed E-state index contributed by atoms with van der Waals surface area (Å²) in [5.74, 6) is 3.73. The second-order valence-electron chi connectivity index (χ2n) is 6.91. The number of fused-ring (bicyclic) bond motifs is 1. The first-order chi connectivity index (χ1) is 12.9. The van der Waals surface area contributed by atoms with Gasteiger partial charge in [0.15, 0.2) is 0 Å². The fourth-order valence-electron chi connectivity index (χ4n) is 3.41. The van der Waals surface area contributed by atoms with Gasteiger partial charge in [0.05, 0.1) is 6.42 Å². The molecule has 2 aromatic carbocycles. The largest absolute Gasteiger partial charge is 0.481 e. The SMILES string of the molecule is CN(CCC(=O)O)C1CCc2cc(C#Cc3cc(F)cc(F)c3)ccc2C1. The molecule has 0 saturated heterocycles. The molecule has 5 heteroatoms. The van der Waals surface area contributed by atoms with Crippen LogP contribution in [0.1, 0.15) is 35.1 Å². The van der Waals surface area contributed by atoms with Gasteiger partial charge < -0.3 is 10.0 Å². The molecule has 0 aliphatic heterocycles. The Hall–Kier alpha value is -2.71. The number of aliphatic carboxylic acids is 1. The molecule has 140 valence electrons. The van der Waals surface area contributed by atoms with Crippen LogP contribution in [0.15, 0.2) is 36.4 Å². The normalized spacial score (nSPS) is 15.8. The van der Waals surface area contributed by atoms with Crippen LogP contribution in [0.2, 0.25) is 0 Å². The molecule has 1 N–H and O–H groups in total. The summed E-state index contributed by atoms with van der Waals surface area (Å²) in [6, 6.07) is 9.59. The fraction of sp³-hybridized carbons (Fsp3) is 0.318. The van der Waals surface area contributed by atoms with Gasteiger partial charge in [-0.05, 0) is 61.7 Å². The maximum absolute atomic E-state index is 13.2. The minimum absolute atomic E-state index is 0.148. The van der Waals surface area contributed by atoms with Gasteiger partial charge in [-0.2, -0.15) is 0 Å². The summed E-state index contributed by atoms with van der Waals surface area (Å²) in [6.07, 6.45) is 2.90. The van der Waals surface area contributed by atoms with E-state index in [9.17, 15) is 13.6 Å². The molecular formula is C22H21F2NO2. The summed E-state index contributed by atoms with van der Waals surface area (Å²) in [5, 5.41) is 8.83. The number of rotatable bonds is 4. The summed E-state index contributed by atoms with van der Waals surface area (Å²) >= 11 is 0. The van der Waals surface area contributed by atoms with Crippen LogP contribution in [0.5, 0.6) is 0 Å². The van der Waals surface area contributed by atoms with E-state index >= 15 is 0 Å². The van der Waals surface area contributed by atoms with Crippen molar-refractivity contribution in [1.29, 1.82) is 0 Å². The highest BCUT2D eigenvalue weighted by Crippen LogP contribution is 2.25. The smallest absolute Gasteiger partial charge is 0.304 e. The van der Waals surface area contributed by atoms with Crippen molar-refractivity contribution in [3.05, 3.63) is 70.3 Å². The van der Waals surface area contributed by atoms with Gasteiger partial charge in [0.25, 0.3) is 0 Å². The van der Waals surface area contributed by atoms with Gasteiger partial charge >= 0.3 is 5.97 Å². The van der Waals surface area contributed by atoms with Crippen LogP contribution in [-0.2, 0) is 17.6 Å². The topological polar surface area (TPSA) is 40.5 Å². The molecule has 0 fully saturated rings.